The first kappa shape index (κ1) is 22.6. The van der Waals surface area contributed by atoms with E-state index in [0.717, 1.165) is 18.5 Å². The topological polar surface area (TPSA) is 74.7 Å². The van der Waals surface area contributed by atoms with Gasteiger partial charge in [0.1, 0.15) is 11.4 Å². The SMILES string of the molecule is CC(CO)[C@@H](C)NCc1nc(C2CCCN(C(=O)OC(C)(C)C)C2)ccc1F. The molecule has 28 heavy (non-hydrogen) atoms. The Morgan fingerprint density at radius 3 is 2.79 bits per heavy atom. The molecule has 2 N–H and O–H groups in total. The Balaban J connectivity index is 2.05. The largest absolute Gasteiger partial charge is 0.444 e. The second kappa shape index (κ2) is 9.65. The van der Waals surface area contributed by atoms with Gasteiger partial charge in [-0.3, -0.25) is 4.98 Å². The highest BCUT2D eigenvalue weighted by atomic mass is 19.1. The Kier molecular flexibility index (Phi) is 7.78. The van der Waals surface area contributed by atoms with Gasteiger partial charge in [0, 0.05) is 43.9 Å². The molecule has 7 heteroatoms. The first-order valence-electron chi connectivity index (χ1n) is 10.1. The number of ether oxygens (including phenoxy) is 1. The predicted molar refractivity (Wildman–Crippen MR) is 107 cm³/mol. The lowest BCUT2D eigenvalue weighted by atomic mass is 9.94. The number of likely N-dealkylation sites (tertiary alicyclic amines) is 1. The maximum atomic E-state index is 14.2. The summed E-state index contributed by atoms with van der Waals surface area (Å²) in [6, 6.07) is 3.21. The number of hydrogen-bond acceptors (Lipinski definition) is 5. The summed E-state index contributed by atoms with van der Waals surface area (Å²) in [7, 11) is 0. The summed E-state index contributed by atoms with van der Waals surface area (Å²) >= 11 is 0. The quantitative estimate of drug-likeness (QED) is 0.772. The van der Waals surface area contributed by atoms with Crippen LogP contribution in [0.15, 0.2) is 12.1 Å². The van der Waals surface area contributed by atoms with Crippen LogP contribution in [0.1, 0.15) is 64.8 Å². The highest BCUT2D eigenvalue weighted by molar-refractivity contribution is 5.68. The van der Waals surface area contributed by atoms with Gasteiger partial charge < -0.3 is 20.1 Å². The average molecular weight is 396 g/mol. The normalized spacial score (nSPS) is 20.0. The van der Waals surface area contributed by atoms with Gasteiger partial charge in [-0.1, -0.05) is 6.92 Å². The van der Waals surface area contributed by atoms with Crippen molar-refractivity contribution in [3.63, 3.8) is 0 Å². The number of piperidine rings is 1. The summed E-state index contributed by atoms with van der Waals surface area (Å²) in [6.45, 7) is 11.0. The predicted octanol–water partition coefficient (Wildman–Crippen LogP) is 3.44. The number of hydrogen-bond donors (Lipinski definition) is 2. The van der Waals surface area contributed by atoms with Crippen LogP contribution in [-0.2, 0) is 11.3 Å². The zero-order valence-electron chi connectivity index (χ0n) is 17.7. The molecule has 6 nitrogen and oxygen atoms in total. The number of pyridine rings is 1. The van der Waals surface area contributed by atoms with Gasteiger partial charge in [-0.05, 0) is 58.6 Å². The van der Waals surface area contributed by atoms with Crippen LogP contribution in [0.4, 0.5) is 9.18 Å². The summed E-state index contributed by atoms with van der Waals surface area (Å²) in [6.07, 6.45) is 1.46. The molecule has 0 saturated carbocycles. The highest BCUT2D eigenvalue weighted by Crippen LogP contribution is 2.27. The maximum Gasteiger partial charge on any atom is 0.410 e. The molecule has 0 aromatic carbocycles. The van der Waals surface area contributed by atoms with E-state index in [0.29, 0.717) is 25.3 Å². The van der Waals surface area contributed by atoms with Crippen LogP contribution in [-0.4, -0.2) is 52.4 Å². The fourth-order valence-electron chi connectivity index (χ4n) is 3.18. The first-order chi connectivity index (χ1) is 13.1. The van der Waals surface area contributed by atoms with E-state index in [9.17, 15) is 14.3 Å². The van der Waals surface area contributed by atoms with Gasteiger partial charge in [0.15, 0.2) is 0 Å². The van der Waals surface area contributed by atoms with Gasteiger partial charge in [-0.2, -0.15) is 0 Å². The van der Waals surface area contributed by atoms with E-state index in [4.69, 9.17) is 4.74 Å². The minimum atomic E-state index is -0.528. The second-order valence-electron chi connectivity index (χ2n) is 8.76. The Hall–Kier alpha value is -1.73. The van der Waals surface area contributed by atoms with Gasteiger partial charge in [0.25, 0.3) is 0 Å². The molecule has 1 saturated heterocycles. The van der Waals surface area contributed by atoms with Crippen LogP contribution in [0.5, 0.6) is 0 Å². The van der Waals surface area contributed by atoms with Gasteiger partial charge in [-0.25, -0.2) is 9.18 Å². The number of carbonyl (C=O) groups is 1. The van der Waals surface area contributed by atoms with E-state index >= 15 is 0 Å². The fraction of sp³-hybridized carbons (Fsp3) is 0.714. The smallest absolute Gasteiger partial charge is 0.410 e. The molecule has 3 atom stereocenters. The van der Waals surface area contributed by atoms with Crippen molar-refractivity contribution in [2.24, 2.45) is 5.92 Å². The van der Waals surface area contributed by atoms with E-state index in [1.54, 1.807) is 11.0 Å². The van der Waals surface area contributed by atoms with Gasteiger partial charge >= 0.3 is 6.09 Å². The first-order valence-corrected chi connectivity index (χ1v) is 10.1. The maximum absolute atomic E-state index is 14.2. The van der Waals surface area contributed by atoms with E-state index in [1.807, 2.05) is 34.6 Å². The van der Waals surface area contributed by atoms with Crippen LogP contribution < -0.4 is 5.32 Å². The molecule has 0 bridgehead atoms. The van der Waals surface area contributed by atoms with Crippen molar-refractivity contribution >= 4 is 6.09 Å². The number of nitrogens with one attached hydrogen (secondary N) is 1. The third kappa shape index (κ3) is 6.41. The molecule has 1 aromatic heterocycles. The molecule has 158 valence electrons. The van der Waals surface area contributed by atoms with E-state index in [1.165, 1.54) is 6.07 Å². The standard InChI is InChI=1S/C21H34FN3O3/c1-14(13-26)15(2)23-11-19-17(22)8-9-18(24-19)16-7-6-10-25(12-16)20(27)28-21(3,4)5/h8-9,14-16,23,26H,6-7,10-13H2,1-5H3/t14?,15-,16?/m1/s1. The van der Waals surface area contributed by atoms with Gasteiger partial charge in [0.2, 0.25) is 0 Å². The van der Waals surface area contributed by atoms with Crippen LogP contribution in [0.25, 0.3) is 0 Å². The Bertz CT molecular complexity index is 663. The number of rotatable bonds is 6. The summed E-state index contributed by atoms with van der Waals surface area (Å²) in [4.78, 5) is 18.6. The zero-order valence-corrected chi connectivity index (χ0v) is 17.7. The lowest BCUT2D eigenvalue weighted by molar-refractivity contribution is 0.0197. The second-order valence-corrected chi connectivity index (χ2v) is 8.76. The lowest BCUT2D eigenvalue weighted by Gasteiger charge is -2.34. The Morgan fingerprint density at radius 1 is 1.43 bits per heavy atom. The van der Waals surface area contributed by atoms with Crippen molar-refractivity contribution in [2.45, 2.75) is 71.6 Å². The van der Waals surface area contributed by atoms with Crippen LogP contribution in [0.3, 0.4) is 0 Å². The highest BCUT2D eigenvalue weighted by Gasteiger charge is 2.29. The van der Waals surface area contributed by atoms with Crippen molar-refractivity contribution in [1.82, 2.24) is 15.2 Å². The van der Waals surface area contributed by atoms with Crippen LogP contribution in [0, 0.1) is 11.7 Å². The average Bonchev–Trinajstić information content (AvgIpc) is 2.65. The summed E-state index contributed by atoms with van der Waals surface area (Å²) in [5.74, 6) is -0.207. The molecular formula is C21H34FN3O3. The van der Waals surface area contributed by atoms with Gasteiger partial charge in [0.05, 0.1) is 5.69 Å². The molecule has 1 aromatic rings. The number of amides is 1. The molecule has 1 amide bonds. The number of aliphatic hydroxyl groups is 1. The van der Waals surface area contributed by atoms with Crippen LogP contribution >= 0.6 is 0 Å². The van der Waals surface area contributed by atoms with Crippen molar-refractivity contribution in [2.75, 3.05) is 19.7 Å². The number of aliphatic hydroxyl groups excluding tert-OH is 1. The Morgan fingerprint density at radius 2 is 2.14 bits per heavy atom. The lowest BCUT2D eigenvalue weighted by Crippen LogP contribution is -2.42. The summed E-state index contributed by atoms with van der Waals surface area (Å²) < 4.78 is 19.7. The molecule has 0 aliphatic carbocycles. The molecule has 2 rings (SSSR count). The molecule has 1 aliphatic rings. The van der Waals surface area contributed by atoms with Gasteiger partial charge in [-0.15, -0.1) is 0 Å². The molecular weight excluding hydrogens is 361 g/mol. The van der Waals surface area contributed by atoms with Crippen molar-refractivity contribution < 1.29 is 19.0 Å². The zero-order chi connectivity index (χ0) is 20.9. The molecule has 1 aliphatic heterocycles. The number of aromatic nitrogens is 1. The van der Waals surface area contributed by atoms with E-state index in [-0.39, 0.29) is 36.4 Å². The molecule has 0 spiro atoms. The number of halogens is 1. The van der Waals surface area contributed by atoms with Crippen molar-refractivity contribution in [1.29, 1.82) is 0 Å². The minimum absolute atomic E-state index is 0.0483. The molecule has 2 unspecified atom stereocenters. The van der Waals surface area contributed by atoms with Crippen LogP contribution in [0.2, 0.25) is 0 Å². The monoisotopic (exact) mass is 395 g/mol. The third-order valence-corrected chi connectivity index (χ3v) is 5.16. The Labute approximate surface area is 167 Å². The number of nitrogens with zero attached hydrogens (tertiary/aromatic N) is 2. The molecule has 0 radical (unpaired) electrons. The van der Waals surface area contributed by atoms with E-state index < -0.39 is 5.60 Å². The minimum Gasteiger partial charge on any atom is -0.444 e. The van der Waals surface area contributed by atoms with Crippen molar-refractivity contribution in [3.05, 3.63) is 29.3 Å². The summed E-state index contributed by atoms with van der Waals surface area (Å²) in [5.41, 5.74) is 0.637. The molecule has 1 fully saturated rings. The summed E-state index contributed by atoms with van der Waals surface area (Å²) in [5, 5.41) is 12.5. The van der Waals surface area contributed by atoms with E-state index in [2.05, 4.69) is 10.3 Å². The molecule has 2 heterocycles. The van der Waals surface area contributed by atoms with Crippen molar-refractivity contribution in [3.8, 4) is 0 Å². The fourth-order valence-corrected chi connectivity index (χ4v) is 3.18. The number of carbonyl (C=O) groups excluding carboxylic acids is 1. The third-order valence-electron chi connectivity index (χ3n) is 5.16.